The van der Waals surface area contributed by atoms with E-state index in [1.165, 1.54) is 5.56 Å². The smallest absolute Gasteiger partial charge is 0.318 e. The first-order chi connectivity index (χ1) is 14.1. The van der Waals surface area contributed by atoms with E-state index in [4.69, 9.17) is 0 Å². The van der Waals surface area contributed by atoms with Crippen molar-refractivity contribution in [1.29, 1.82) is 0 Å². The summed E-state index contributed by atoms with van der Waals surface area (Å²) in [5.41, 5.74) is 2.68. The molecule has 0 aliphatic carbocycles. The van der Waals surface area contributed by atoms with Gasteiger partial charge in [0.25, 0.3) is 5.91 Å². The van der Waals surface area contributed by atoms with Gasteiger partial charge in [-0.3, -0.25) is 4.79 Å². The van der Waals surface area contributed by atoms with Crippen LogP contribution in [0.15, 0.2) is 54.6 Å². The summed E-state index contributed by atoms with van der Waals surface area (Å²) in [6.07, 6.45) is 3.04. The van der Waals surface area contributed by atoms with E-state index in [2.05, 4.69) is 46.8 Å². The van der Waals surface area contributed by atoms with Gasteiger partial charge in [-0.25, -0.2) is 4.79 Å². The van der Waals surface area contributed by atoms with E-state index in [0.29, 0.717) is 17.3 Å². The van der Waals surface area contributed by atoms with Gasteiger partial charge >= 0.3 is 6.03 Å². The van der Waals surface area contributed by atoms with Crippen LogP contribution in [-0.2, 0) is 6.42 Å². The van der Waals surface area contributed by atoms with Crippen LogP contribution in [0.3, 0.4) is 0 Å². The lowest BCUT2D eigenvalue weighted by Crippen LogP contribution is -2.46. The third-order valence-corrected chi connectivity index (χ3v) is 5.59. The Bertz CT molecular complexity index is 806. The molecule has 0 saturated carbocycles. The van der Waals surface area contributed by atoms with E-state index < -0.39 is 0 Å². The maximum atomic E-state index is 12.8. The van der Waals surface area contributed by atoms with Gasteiger partial charge in [0.05, 0.1) is 0 Å². The van der Waals surface area contributed by atoms with Crippen molar-refractivity contribution in [2.24, 2.45) is 0 Å². The number of carbonyl (C=O) groups excluding carboxylic acids is 2. The van der Waals surface area contributed by atoms with E-state index in [1.54, 1.807) is 31.3 Å². The van der Waals surface area contributed by atoms with Gasteiger partial charge in [0, 0.05) is 44.0 Å². The number of likely N-dealkylation sites (N-methyl/N-ethyl adjacent to an activating group) is 1. The van der Waals surface area contributed by atoms with Gasteiger partial charge < -0.3 is 20.4 Å². The topological polar surface area (TPSA) is 64.7 Å². The second-order valence-electron chi connectivity index (χ2n) is 7.52. The summed E-state index contributed by atoms with van der Waals surface area (Å²) in [6.45, 7) is 2.58. The van der Waals surface area contributed by atoms with Gasteiger partial charge in [-0.15, -0.1) is 12.4 Å². The molecule has 1 fully saturated rings. The standard InChI is InChI=1S/C23H30N4O2.ClH/c1-24-23(29)25-20-10-8-19(9-11-20)22(28)27-16-13-21(14-17-27)26(2)15-12-18-6-4-3-5-7-18;/h3-11,21H,12-17H2,1-2H3,(H2,24,25,29);1H. The molecule has 2 N–H and O–H groups in total. The Balaban J connectivity index is 0.00000320. The predicted octanol–water partition coefficient (Wildman–Crippen LogP) is 3.64. The van der Waals surface area contributed by atoms with Crippen molar-refractivity contribution in [2.45, 2.75) is 25.3 Å². The molecule has 0 bridgehead atoms. The van der Waals surface area contributed by atoms with Gasteiger partial charge in [-0.2, -0.15) is 0 Å². The van der Waals surface area contributed by atoms with Crippen LogP contribution in [0.1, 0.15) is 28.8 Å². The molecule has 0 aromatic heterocycles. The molecular weight excluding hydrogens is 400 g/mol. The van der Waals surface area contributed by atoms with Gasteiger partial charge in [-0.1, -0.05) is 30.3 Å². The van der Waals surface area contributed by atoms with Crippen molar-refractivity contribution < 1.29 is 9.59 Å². The average Bonchev–Trinajstić information content (AvgIpc) is 2.78. The molecule has 0 atom stereocenters. The number of carbonyl (C=O) groups is 2. The van der Waals surface area contributed by atoms with Crippen molar-refractivity contribution in [2.75, 3.05) is 39.0 Å². The molecule has 3 amide bonds. The Kier molecular flexibility index (Phi) is 9.15. The molecule has 1 aliphatic heterocycles. The fraction of sp³-hybridized carbons (Fsp3) is 0.391. The minimum atomic E-state index is -0.275. The number of nitrogens with one attached hydrogen (secondary N) is 2. The van der Waals surface area contributed by atoms with Gasteiger partial charge in [0.15, 0.2) is 0 Å². The van der Waals surface area contributed by atoms with E-state index in [0.717, 1.165) is 38.9 Å². The van der Waals surface area contributed by atoms with Gasteiger partial charge in [0.1, 0.15) is 0 Å². The van der Waals surface area contributed by atoms with Crippen molar-refractivity contribution >= 4 is 30.0 Å². The second-order valence-corrected chi connectivity index (χ2v) is 7.52. The van der Waals surface area contributed by atoms with Crippen LogP contribution in [-0.4, -0.2) is 61.5 Å². The molecule has 7 heteroatoms. The number of urea groups is 1. The lowest BCUT2D eigenvalue weighted by molar-refractivity contribution is 0.0647. The molecule has 1 heterocycles. The van der Waals surface area contributed by atoms with Crippen LogP contribution >= 0.6 is 12.4 Å². The van der Waals surface area contributed by atoms with E-state index in [1.807, 2.05) is 11.0 Å². The summed E-state index contributed by atoms with van der Waals surface area (Å²) in [6, 6.07) is 17.9. The van der Waals surface area contributed by atoms with Crippen molar-refractivity contribution in [3.8, 4) is 0 Å². The number of nitrogens with zero attached hydrogens (tertiary/aromatic N) is 2. The fourth-order valence-corrected chi connectivity index (χ4v) is 3.71. The predicted molar refractivity (Wildman–Crippen MR) is 123 cm³/mol. The summed E-state index contributed by atoms with van der Waals surface area (Å²) in [7, 11) is 3.75. The molecule has 162 valence electrons. The largest absolute Gasteiger partial charge is 0.341 e. The Morgan fingerprint density at radius 1 is 1.03 bits per heavy atom. The molecule has 0 radical (unpaired) electrons. The van der Waals surface area contributed by atoms with Crippen LogP contribution in [0.5, 0.6) is 0 Å². The number of halogens is 1. The lowest BCUT2D eigenvalue weighted by Gasteiger charge is -2.37. The zero-order chi connectivity index (χ0) is 20.6. The van der Waals surface area contributed by atoms with Crippen LogP contribution in [0.25, 0.3) is 0 Å². The minimum Gasteiger partial charge on any atom is -0.341 e. The van der Waals surface area contributed by atoms with Crippen LogP contribution in [0.4, 0.5) is 10.5 Å². The van der Waals surface area contributed by atoms with Crippen molar-refractivity contribution in [3.05, 3.63) is 65.7 Å². The van der Waals surface area contributed by atoms with Crippen LogP contribution < -0.4 is 10.6 Å². The number of piperidine rings is 1. The molecule has 2 aromatic rings. The maximum Gasteiger partial charge on any atom is 0.318 e. The van der Waals surface area contributed by atoms with E-state index in [9.17, 15) is 9.59 Å². The third-order valence-electron chi connectivity index (χ3n) is 5.59. The Labute approximate surface area is 185 Å². The highest BCUT2D eigenvalue weighted by Crippen LogP contribution is 2.19. The SMILES string of the molecule is CNC(=O)Nc1ccc(C(=O)N2CCC(N(C)CCc3ccccc3)CC2)cc1.Cl. The number of hydrogen-bond acceptors (Lipinski definition) is 3. The Hall–Kier alpha value is -2.57. The number of likely N-dealkylation sites (tertiary alicyclic amines) is 1. The van der Waals surface area contributed by atoms with Gasteiger partial charge in [-0.05, 0) is 56.1 Å². The highest BCUT2D eigenvalue weighted by molar-refractivity contribution is 5.95. The molecule has 6 nitrogen and oxygen atoms in total. The molecule has 1 aliphatic rings. The molecule has 3 rings (SSSR count). The van der Waals surface area contributed by atoms with Crippen molar-refractivity contribution in [3.63, 3.8) is 0 Å². The van der Waals surface area contributed by atoms with Gasteiger partial charge in [0.2, 0.25) is 0 Å². The van der Waals surface area contributed by atoms with Crippen molar-refractivity contribution in [1.82, 2.24) is 15.1 Å². The summed E-state index contributed by atoms with van der Waals surface area (Å²) < 4.78 is 0. The molecule has 1 saturated heterocycles. The number of amides is 3. The first kappa shape index (κ1) is 23.7. The molecule has 30 heavy (non-hydrogen) atoms. The fourth-order valence-electron chi connectivity index (χ4n) is 3.71. The normalized spacial score (nSPS) is 14.2. The third kappa shape index (κ3) is 6.47. The Morgan fingerprint density at radius 2 is 1.67 bits per heavy atom. The number of benzene rings is 2. The number of hydrogen-bond donors (Lipinski definition) is 2. The second kappa shape index (κ2) is 11.6. The zero-order valence-electron chi connectivity index (χ0n) is 17.6. The summed E-state index contributed by atoms with van der Waals surface area (Å²) in [5.74, 6) is 0.0573. The lowest BCUT2D eigenvalue weighted by atomic mass is 10.0. The average molecular weight is 431 g/mol. The first-order valence-corrected chi connectivity index (χ1v) is 10.2. The molecule has 0 unspecified atom stereocenters. The highest BCUT2D eigenvalue weighted by Gasteiger charge is 2.25. The van der Waals surface area contributed by atoms with E-state index >= 15 is 0 Å². The quantitative estimate of drug-likeness (QED) is 0.735. The van der Waals surface area contributed by atoms with E-state index in [-0.39, 0.29) is 24.3 Å². The highest BCUT2D eigenvalue weighted by atomic mass is 35.5. The zero-order valence-corrected chi connectivity index (χ0v) is 18.5. The van der Waals surface area contributed by atoms with Crippen LogP contribution in [0, 0.1) is 0 Å². The van der Waals surface area contributed by atoms with Crippen LogP contribution in [0.2, 0.25) is 0 Å². The number of anilines is 1. The summed E-state index contributed by atoms with van der Waals surface area (Å²) in [5, 5.41) is 5.20. The minimum absolute atomic E-state index is 0. The molecular formula is C23H31ClN4O2. The Morgan fingerprint density at radius 3 is 2.27 bits per heavy atom. The maximum absolute atomic E-state index is 12.8. The molecule has 2 aromatic carbocycles. The number of rotatable bonds is 6. The first-order valence-electron chi connectivity index (χ1n) is 10.2. The monoisotopic (exact) mass is 430 g/mol. The summed E-state index contributed by atoms with van der Waals surface area (Å²) >= 11 is 0. The summed E-state index contributed by atoms with van der Waals surface area (Å²) in [4.78, 5) is 28.5. The molecule has 0 spiro atoms.